The van der Waals surface area contributed by atoms with Gasteiger partial charge in [-0.3, -0.25) is 19.9 Å². The lowest BCUT2D eigenvalue weighted by atomic mass is 10.0. The van der Waals surface area contributed by atoms with E-state index in [1.54, 1.807) is 30.9 Å². The smallest absolute Gasteiger partial charge is 0.169 e. The van der Waals surface area contributed by atoms with Crippen LogP contribution in [0.1, 0.15) is 16.1 Å². The van der Waals surface area contributed by atoms with Crippen LogP contribution in [0, 0.1) is 0 Å². The molecule has 0 amide bonds. The summed E-state index contributed by atoms with van der Waals surface area (Å²) in [7, 11) is 2.12. The fourth-order valence-corrected chi connectivity index (χ4v) is 3.81. The molecule has 0 unspecified atom stereocenters. The van der Waals surface area contributed by atoms with Gasteiger partial charge in [0.1, 0.15) is 5.82 Å². The van der Waals surface area contributed by atoms with Gasteiger partial charge >= 0.3 is 0 Å². The van der Waals surface area contributed by atoms with Crippen LogP contribution in [-0.4, -0.2) is 69.1 Å². The first-order valence-corrected chi connectivity index (χ1v) is 10.3. The van der Waals surface area contributed by atoms with Crippen LogP contribution in [0.3, 0.4) is 0 Å². The zero-order chi connectivity index (χ0) is 21.2. The van der Waals surface area contributed by atoms with Crippen LogP contribution in [0.2, 0.25) is 0 Å². The van der Waals surface area contributed by atoms with Gasteiger partial charge in [0.2, 0.25) is 0 Å². The van der Waals surface area contributed by atoms with Crippen molar-refractivity contribution in [2.24, 2.45) is 0 Å². The lowest BCUT2D eigenvalue weighted by molar-refractivity contribution is 0.0992. The highest BCUT2D eigenvalue weighted by molar-refractivity contribution is 5.98. The predicted molar refractivity (Wildman–Crippen MR) is 119 cm³/mol. The van der Waals surface area contributed by atoms with Crippen LogP contribution in [0.4, 0.5) is 5.82 Å². The number of carbonyl (C=O) groups excluding carboxylic acids is 1. The Labute approximate surface area is 180 Å². The highest BCUT2D eigenvalue weighted by Gasteiger charge is 2.17. The maximum absolute atomic E-state index is 13.0. The van der Waals surface area contributed by atoms with Gasteiger partial charge in [0, 0.05) is 72.5 Å². The third-order valence-electron chi connectivity index (χ3n) is 5.69. The number of H-pyrrole nitrogens is 1. The van der Waals surface area contributed by atoms with E-state index in [1.807, 2.05) is 24.4 Å². The number of hydrogen-bond donors (Lipinski definition) is 1. The van der Waals surface area contributed by atoms with Crippen molar-refractivity contribution < 1.29 is 4.79 Å². The number of nitrogens with one attached hydrogen (secondary N) is 1. The average Bonchev–Trinajstić information content (AvgIpc) is 3.34. The number of fused-ring (bicyclic) bond motifs is 1. The molecule has 0 atom stereocenters. The van der Waals surface area contributed by atoms with Gasteiger partial charge in [-0.15, -0.1) is 0 Å². The zero-order valence-corrected chi connectivity index (χ0v) is 17.3. The van der Waals surface area contributed by atoms with Crippen molar-refractivity contribution in [2.75, 3.05) is 38.1 Å². The molecule has 4 aromatic rings. The van der Waals surface area contributed by atoms with Crippen molar-refractivity contribution in [1.29, 1.82) is 0 Å². The van der Waals surface area contributed by atoms with Crippen molar-refractivity contribution in [3.63, 3.8) is 0 Å². The van der Waals surface area contributed by atoms with Gasteiger partial charge in [0.25, 0.3) is 0 Å². The molecule has 1 fully saturated rings. The van der Waals surface area contributed by atoms with Crippen LogP contribution in [0.25, 0.3) is 22.0 Å². The molecule has 0 aromatic carbocycles. The fraction of sp³-hybridized carbons (Fsp3) is 0.261. The van der Waals surface area contributed by atoms with Gasteiger partial charge in [-0.2, -0.15) is 5.10 Å². The van der Waals surface area contributed by atoms with Crippen LogP contribution >= 0.6 is 0 Å². The highest BCUT2D eigenvalue weighted by atomic mass is 16.1. The summed E-state index contributed by atoms with van der Waals surface area (Å²) in [5, 5.41) is 7.76. The number of hydrogen-bond acceptors (Lipinski definition) is 7. The molecule has 156 valence electrons. The Bertz CT molecular complexity index is 1210. The molecule has 1 aliphatic rings. The Kier molecular flexibility index (Phi) is 5.13. The molecular formula is C23H23N7O. The number of nitrogens with zero attached hydrogens (tertiary/aromatic N) is 6. The third-order valence-corrected chi connectivity index (χ3v) is 5.69. The highest BCUT2D eigenvalue weighted by Crippen LogP contribution is 2.22. The van der Waals surface area contributed by atoms with E-state index in [1.165, 1.54) is 0 Å². The Balaban J connectivity index is 1.35. The summed E-state index contributed by atoms with van der Waals surface area (Å²) in [4.78, 5) is 30.9. The Morgan fingerprint density at radius 3 is 2.68 bits per heavy atom. The van der Waals surface area contributed by atoms with E-state index in [0.717, 1.165) is 59.7 Å². The van der Waals surface area contributed by atoms with E-state index in [2.05, 4.69) is 42.0 Å². The largest absolute Gasteiger partial charge is 0.354 e. The number of ketones is 1. The molecule has 0 radical (unpaired) electrons. The van der Waals surface area contributed by atoms with Crippen LogP contribution in [-0.2, 0) is 6.42 Å². The molecule has 1 N–H and O–H groups in total. The standard InChI is InChI=1S/C23H23N7O/c1-29-4-6-30(7-5-29)23-10-16(2-3-24-23)22(31)11-20-9-17-8-18(19-13-27-28-14-19)12-26-21(17)15-25-20/h2-3,8-10,12-15H,4-7,11H2,1H3,(H,27,28). The van der Waals surface area contributed by atoms with E-state index in [-0.39, 0.29) is 12.2 Å². The normalized spacial score (nSPS) is 14.8. The van der Waals surface area contributed by atoms with Crippen molar-refractivity contribution in [1.82, 2.24) is 30.0 Å². The summed E-state index contributed by atoms with van der Waals surface area (Å²) in [6, 6.07) is 7.65. The van der Waals surface area contributed by atoms with Gasteiger partial charge in [-0.05, 0) is 31.3 Å². The van der Waals surface area contributed by atoms with Crippen LogP contribution < -0.4 is 4.90 Å². The van der Waals surface area contributed by atoms with Crippen LogP contribution in [0.15, 0.2) is 55.2 Å². The summed E-state index contributed by atoms with van der Waals surface area (Å²) in [5.74, 6) is 0.892. The molecule has 0 spiro atoms. The second-order valence-electron chi connectivity index (χ2n) is 7.87. The Morgan fingerprint density at radius 2 is 1.87 bits per heavy atom. The Hall–Kier alpha value is -3.65. The molecule has 5 heterocycles. The minimum absolute atomic E-state index is 0.0311. The van der Waals surface area contributed by atoms with Crippen molar-refractivity contribution in [3.8, 4) is 11.1 Å². The van der Waals surface area contributed by atoms with E-state index in [9.17, 15) is 4.79 Å². The van der Waals surface area contributed by atoms with Crippen molar-refractivity contribution in [2.45, 2.75) is 6.42 Å². The molecular weight excluding hydrogens is 390 g/mol. The molecule has 31 heavy (non-hydrogen) atoms. The molecule has 1 aliphatic heterocycles. The van der Waals surface area contributed by atoms with Crippen molar-refractivity contribution in [3.05, 3.63) is 66.5 Å². The molecule has 8 nitrogen and oxygen atoms in total. The number of aromatic nitrogens is 5. The first-order chi connectivity index (χ1) is 15.2. The van der Waals surface area contributed by atoms with Gasteiger partial charge in [0.05, 0.1) is 24.3 Å². The second kappa shape index (κ2) is 8.23. The number of likely N-dealkylation sites (N-methyl/N-ethyl adjacent to an activating group) is 1. The summed E-state index contributed by atoms with van der Waals surface area (Å²) < 4.78 is 0. The molecule has 0 aliphatic carbocycles. The molecule has 8 heteroatoms. The number of Topliss-reactive ketones (excluding diaryl/α,β-unsaturated/α-hetero) is 1. The van der Waals surface area contributed by atoms with Crippen LogP contribution in [0.5, 0.6) is 0 Å². The molecule has 5 rings (SSSR count). The number of aromatic amines is 1. The summed E-state index contributed by atoms with van der Waals surface area (Å²) in [6.07, 6.45) is 9.06. The lowest BCUT2D eigenvalue weighted by Gasteiger charge is -2.33. The summed E-state index contributed by atoms with van der Waals surface area (Å²) in [6.45, 7) is 3.82. The Morgan fingerprint density at radius 1 is 1.00 bits per heavy atom. The minimum atomic E-state index is 0.0311. The quantitative estimate of drug-likeness (QED) is 0.503. The number of carbonyl (C=O) groups is 1. The molecule has 4 aromatic heterocycles. The average molecular weight is 413 g/mol. The first-order valence-electron chi connectivity index (χ1n) is 10.3. The first kappa shape index (κ1) is 19.3. The number of anilines is 1. The van der Waals surface area contributed by atoms with E-state index in [4.69, 9.17) is 0 Å². The fourth-order valence-electron chi connectivity index (χ4n) is 3.81. The predicted octanol–water partition coefficient (Wildman–Crippen LogP) is 2.59. The molecule has 0 bridgehead atoms. The lowest BCUT2D eigenvalue weighted by Crippen LogP contribution is -2.44. The maximum atomic E-state index is 13.0. The summed E-state index contributed by atoms with van der Waals surface area (Å²) >= 11 is 0. The summed E-state index contributed by atoms with van der Waals surface area (Å²) in [5.41, 5.74) is 4.12. The van der Waals surface area contributed by atoms with E-state index < -0.39 is 0 Å². The zero-order valence-electron chi connectivity index (χ0n) is 17.3. The molecule has 0 saturated carbocycles. The van der Waals surface area contributed by atoms with Gasteiger partial charge in [-0.1, -0.05) is 0 Å². The maximum Gasteiger partial charge on any atom is 0.169 e. The van der Waals surface area contributed by atoms with E-state index in [0.29, 0.717) is 5.56 Å². The number of pyridine rings is 3. The number of piperazine rings is 1. The topological polar surface area (TPSA) is 90.9 Å². The van der Waals surface area contributed by atoms with E-state index >= 15 is 0 Å². The van der Waals surface area contributed by atoms with Gasteiger partial charge < -0.3 is 9.80 Å². The van der Waals surface area contributed by atoms with Gasteiger partial charge in [-0.25, -0.2) is 4.98 Å². The third kappa shape index (κ3) is 4.15. The minimum Gasteiger partial charge on any atom is -0.354 e. The number of rotatable bonds is 5. The monoisotopic (exact) mass is 413 g/mol. The molecule has 1 saturated heterocycles. The SMILES string of the molecule is CN1CCN(c2cc(C(=O)Cc3cc4cc(-c5cn[nH]c5)cnc4cn3)ccn2)CC1. The van der Waals surface area contributed by atoms with Crippen molar-refractivity contribution >= 4 is 22.5 Å². The second-order valence-corrected chi connectivity index (χ2v) is 7.87. The van der Waals surface area contributed by atoms with Gasteiger partial charge in [0.15, 0.2) is 5.78 Å².